The van der Waals surface area contributed by atoms with Crippen LogP contribution in [0.15, 0.2) is 72.3 Å². The Balaban J connectivity index is 1.29. The molecule has 0 radical (unpaired) electrons. The Morgan fingerprint density at radius 2 is 1.76 bits per heavy atom. The number of amides is 2. The Bertz CT molecular complexity index is 1410. The third-order valence-electron chi connectivity index (χ3n) is 7.53. The first-order valence-corrected chi connectivity index (χ1v) is 13.9. The monoisotopic (exact) mass is 580 g/mol. The molecule has 2 N–H and O–H groups in total. The molecule has 1 atom stereocenters. The number of H-pyrrole nitrogens is 1. The minimum atomic E-state index is -4.78. The molecule has 1 fully saturated rings. The Kier molecular flexibility index (Phi) is 8.99. The number of hydrogen-bond acceptors (Lipinski definition) is 6. The van der Waals surface area contributed by atoms with E-state index in [-0.39, 0.29) is 35.9 Å². The van der Waals surface area contributed by atoms with Gasteiger partial charge >= 0.3 is 6.36 Å². The second-order valence-corrected chi connectivity index (χ2v) is 10.5. The Labute approximate surface area is 240 Å². The third kappa shape index (κ3) is 7.83. The number of halogens is 3. The molecule has 2 aliphatic rings. The van der Waals surface area contributed by atoms with Crippen molar-refractivity contribution in [3.8, 4) is 5.75 Å². The van der Waals surface area contributed by atoms with Crippen molar-refractivity contribution in [3.05, 3.63) is 83.5 Å². The average Bonchev–Trinajstić information content (AvgIpc) is 3.50. The fraction of sp³-hybridized carbons (Fsp3) is 0.367. The van der Waals surface area contributed by atoms with Crippen molar-refractivity contribution >= 4 is 23.5 Å². The molecule has 1 heterocycles. The fourth-order valence-electron chi connectivity index (χ4n) is 5.38. The van der Waals surface area contributed by atoms with E-state index in [0.717, 1.165) is 18.5 Å². The van der Waals surface area contributed by atoms with Gasteiger partial charge in [0.15, 0.2) is 0 Å². The number of aromatic amines is 1. The first-order chi connectivity index (χ1) is 20.2. The summed E-state index contributed by atoms with van der Waals surface area (Å²) in [5.41, 5.74) is 3.03. The van der Waals surface area contributed by atoms with E-state index in [0.29, 0.717) is 30.0 Å². The van der Waals surface area contributed by atoms with Crippen LogP contribution < -0.4 is 15.0 Å². The summed E-state index contributed by atoms with van der Waals surface area (Å²) in [5, 5.41) is 15.7. The van der Waals surface area contributed by atoms with Crippen molar-refractivity contribution in [2.75, 3.05) is 16.8 Å². The van der Waals surface area contributed by atoms with Crippen molar-refractivity contribution in [2.45, 2.75) is 57.2 Å². The first kappa shape index (κ1) is 29.0. The topological polar surface area (TPSA) is 113 Å². The normalized spacial score (nSPS) is 17.4. The zero-order chi connectivity index (χ0) is 29.5. The van der Waals surface area contributed by atoms with E-state index in [4.69, 9.17) is 0 Å². The van der Waals surface area contributed by atoms with Gasteiger partial charge in [-0.25, -0.2) is 0 Å². The van der Waals surface area contributed by atoms with Crippen LogP contribution in [-0.4, -0.2) is 45.3 Å². The summed E-state index contributed by atoms with van der Waals surface area (Å²) in [6, 6.07) is 13.4. The van der Waals surface area contributed by atoms with Crippen LogP contribution in [0.4, 0.5) is 24.8 Å². The number of hydrogen-bond donors (Lipinski definition) is 2. The van der Waals surface area contributed by atoms with Gasteiger partial charge in [-0.2, -0.15) is 5.21 Å². The third-order valence-corrected chi connectivity index (χ3v) is 7.53. The maximum absolute atomic E-state index is 13.6. The lowest BCUT2D eigenvalue weighted by Gasteiger charge is -2.28. The Morgan fingerprint density at radius 1 is 1.02 bits per heavy atom. The summed E-state index contributed by atoms with van der Waals surface area (Å²) >= 11 is 0. The molecule has 1 saturated carbocycles. The number of rotatable bonds is 9. The highest BCUT2D eigenvalue weighted by atomic mass is 19.4. The summed E-state index contributed by atoms with van der Waals surface area (Å²) in [6.07, 6.45) is 7.19. The Hall–Kier alpha value is -4.48. The number of carbonyl (C=O) groups is 2. The minimum absolute atomic E-state index is 0.00129. The highest BCUT2D eigenvalue weighted by Gasteiger charge is 2.31. The number of carbonyl (C=O) groups excluding carboxylic acids is 2. The van der Waals surface area contributed by atoms with Gasteiger partial charge in [-0.05, 0) is 71.7 Å². The lowest BCUT2D eigenvalue weighted by molar-refractivity contribution is -0.274. The summed E-state index contributed by atoms with van der Waals surface area (Å²) in [6.45, 7) is 0.365. The number of alkyl halides is 3. The quantitative estimate of drug-likeness (QED) is 0.328. The zero-order valence-electron chi connectivity index (χ0n) is 22.8. The van der Waals surface area contributed by atoms with Crippen molar-refractivity contribution in [1.29, 1.82) is 0 Å². The highest BCUT2D eigenvalue weighted by Crippen LogP contribution is 2.34. The predicted molar refractivity (Wildman–Crippen MR) is 150 cm³/mol. The minimum Gasteiger partial charge on any atom is -0.406 e. The van der Waals surface area contributed by atoms with Gasteiger partial charge in [0.25, 0.3) is 11.9 Å². The summed E-state index contributed by atoms with van der Waals surface area (Å²) in [4.78, 5) is 27.8. The summed E-state index contributed by atoms with van der Waals surface area (Å²) < 4.78 is 41.6. The van der Waals surface area contributed by atoms with E-state index in [1.807, 2.05) is 18.2 Å². The van der Waals surface area contributed by atoms with Crippen LogP contribution in [0.25, 0.3) is 0 Å². The number of aromatic nitrogens is 4. The van der Waals surface area contributed by atoms with Crippen LogP contribution >= 0.6 is 0 Å². The van der Waals surface area contributed by atoms with Gasteiger partial charge in [0.1, 0.15) is 5.75 Å². The van der Waals surface area contributed by atoms with E-state index in [1.54, 1.807) is 17.1 Å². The smallest absolute Gasteiger partial charge is 0.406 e. The van der Waals surface area contributed by atoms with Gasteiger partial charge in [-0.3, -0.25) is 14.9 Å². The lowest BCUT2D eigenvalue weighted by atomic mass is 9.84. The van der Waals surface area contributed by atoms with E-state index in [1.165, 1.54) is 49.1 Å². The number of allylic oxidation sites excluding steroid dienone is 1. The van der Waals surface area contributed by atoms with Gasteiger partial charge in [-0.1, -0.05) is 66.9 Å². The molecule has 2 aromatic carbocycles. The molecule has 1 unspecified atom stereocenters. The van der Waals surface area contributed by atoms with E-state index in [9.17, 15) is 22.8 Å². The van der Waals surface area contributed by atoms with Crippen LogP contribution in [0.1, 0.15) is 55.6 Å². The number of nitrogens with zero attached hydrogens (tertiary/aromatic N) is 4. The van der Waals surface area contributed by atoms with Crippen LogP contribution in [0.2, 0.25) is 0 Å². The number of benzene rings is 2. The molecule has 220 valence electrons. The molecule has 0 spiro atoms. The molecule has 12 heteroatoms. The molecule has 9 nitrogen and oxygen atoms in total. The van der Waals surface area contributed by atoms with Gasteiger partial charge < -0.3 is 9.64 Å². The van der Waals surface area contributed by atoms with Crippen LogP contribution in [0, 0.1) is 5.92 Å². The zero-order valence-corrected chi connectivity index (χ0v) is 22.8. The standard InChI is InChI=1S/C30H31F3N6O3/c31-30(32,33)42-26-16-8-20(9-17-26)18-27(40)39(25-14-12-23(13-15-25)22-4-2-1-3-5-22)19-21-6-10-24(11-7-21)28(41)34-29-35-37-38-36-29/h6,8-17,21-22H,1-5,7,18-19H2,(H2,34,35,36,37,38,41). The fourth-order valence-corrected chi connectivity index (χ4v) is 5.38. The molecule has 2 aliphatic carbocycles. The summed E-state index contributed by atoms with van der Waals surface area (Å²) in [5.74, 6) is -0.359. The van der Waals surface area contributed by atoms with Crippen molar-refractivity contribution < 1.29 is 27.5 Å². The van der Waals surface area contributed by atoms with Crippen LogP contribution in [0.3, 0.4) is 0 Å². The van der Waals surface area contributed by atoms with Crippen LogP contribution in [0.5, 0.6) is 5.75 Å². The molecule has 0 aliphatic heterocycles. The predicted octanol–water partition coefficient (Wildman–Crippen LogP) is 5.86. The molecule has 42 heavy (non-hydrogen) atoms. The molecule has 0 bridgehead atoms. The number of anilines is 2. The Morgan fingerprint density at radius 3 is 2.38 bits per heavy atom. The van der Waals surface area contributed by atoms with Crippen molar-refractivity contribution in [2.24, 2.45) is 5.92 Å². The highest BCUT2D eigenvalue weighted by molar-refractivity contribution is 6.05. The molecule has 1 aromatic heterocycles. The number of ether oxygens (including phenoxy) is 1. The molecule has 5 rings (SSSR count). The molecular weight excluding hydrogens is 549 g/mol. The van der Waals surface area contributed by atoms with E-state index in [2.05, 4.69) is 42.8 Å². The van der Waals surface area contributed by atoms with Gasteiger partial charge in [-0.15, -0.1) is 18.3 Å². The van der Waals surface area contributed by atoms with E-state index >= 15 is 0 Å². The molecular formula is C30H31F3N6O3. The summed E-state index contributed by atoms with van der Waals surface area (Å²) in [7, 11) is 0. The van der Waals surface area contributed by atoms with Gasteiger partial charge in [0, 0.05) is 17.8 Å². The average molecular weight is 581 g/mol. The van der Waals surface area contributed by atoms with Crippen molar-refractivity contribution in [3.63, 3.8) is 0 Å². The SMILES string of the molecule is O=C(Nc1nn[nH]n1)C1=CCC(CN(C(=O)Cc2ccc(OC(F)(F)F)cc2)c2ccc(C3CCCCC3)cc2)C=C1. The number of nitrogens with one attached hydrogen (secondary N) is 2. The molecule has 2 amide bonds. The number of tetrazole rings is 1. The second kappa shape index (κ2) is 13.0. The maximum atomic E-state index is 13.6. The van der Waals surface area contributed by atoms with Crippen LogP contribution in [-0.2, 0) is 16.0 Å². The lowest BCUT2D eigenvalue weighted by Crippen LogP contribution is -2.36. The van der Waals surface area contributed by atoms with Gasteiger partial charge in [0.2, 0.25) is 5.91 Å². The maximum Gasteiger partial charge on any atom is 0.573 e. The van der Waals surface area contributed by atoms with E-state index < -0.39 is 6.36 Å². The molecule has 0 saturated heterocycles. The first-order valence-electron chi connectivity index (χ1n) is 13.9. The largest absolute Gasteiger partial charge is 0.573 e. The second-order valence-electron chi connectivity index (χ2n) is 10.5. The molecule has 3 aromatic rings. The van der Waals surface area contributed by atoms with Gasteiger partial charge in [0.05, 0.1) is 6.42 Å². The van der Waals surface area contributed by atoms with Crippen molar-refractivity contribution in [1.82, 2.24) is 20.6 Å².